The summed E-state index contributed by atoms with van der Waals surface area (Å²) in [5.41, 5.74) is 3.48. The molecule has 3 rings (SSSR count). The zero-order valence-corrected chi connectivity index (χ0v) is 16.3. The first kappa shape index (κ1) is 18.8. The minimum Gasteiger partial charge on any atom is -0.335 e. The summed E-state index contributed by atoms with van der Waals surface area (Å²) < 4.78 is 14.0. The molecule has 4 nitrogen and oxygen atoms in total. The van der Waals surface area contributed by atoms with E-state index >= 15 is 0 Å². The highest BCUT2D eigenvalue weighted by Crippen LogP contribution is 2.30. The summed E-state index contributed by atoms with van der Waals surface area (Å²) in [7, 11) is 0. The van der Waals surface area contributed by atoms with E-state index in [0.29, 0.717) is 24.9 Å². The molecule has 1 heterocycles. The van der Waals surface area contributed by atoms with Crippen molar-refractivity contribution in [2.45, 2.75) is 57.3 Å². The third kappa shape index (κ3) is 4.41. The van der Waals surface area contributed by atoms with Gasteiger partial charge in [-0.1, -0.05) is 30.0 Å². The van der Waals surface area contributed by atoms with Crippen molar-refractivity contribution in [1.29, 1.82) is 0 Å². The molecule has 1 aliphatic carbocycles. The highest BCUT2D eigenvalue weighted by Gasteiger charge is 2.32. The van der Waals surface area contributed by atoms with Crippen LogP contribution in [0, 0.1) is 19.7 Å². The van der Waals surface area contributed by atoms with Gasteiger partial charge in [0.15, 0.2) is 5.16 Å². The molecule has 6 heteroatoms. The summed E-state index contributed by atoms with van der Waals surface area (Å²) in [5.74, 6) is -0.179. The van der Waals surface area contributed by atoms with Gasteiger partial charge in [-0.05, 0) is 51.0 Å². The van der Waals surface area contributed by atoms with E-state index < -0.39 is 0 Å². The van der Waals surface area contributed by atoms with Crippen molar-refractivity contribution in [3.05, 3.63) is 52.6 Å². The number of hydrogen-bond donors (Lipinski definition) is 0. The van der Waals surface area contributed by atoms with Crippen LogP contribution >= 0.6 is 11.8 Å². The summed E-state index contributed by atoms with van der Waals surface area (Å²) in [6.45, 7) is 4.27. The Labute approximate surface area is 158 Å². The van der Waals surface area contributed by atoms with Crippen molar-refractivity contribution >= 4 is 17.7 Å². The van der Waals surface area contributed by atoms with E-state index in [1.54, 1.807) is 12.1 Å². The van der Waals surface area contributed by atoms with Crippen LogP contribution < -0.4 is 0 Å². The fourth-order valence-electron chi connectivity index (χ4n) is 3.15. The second kappa shape index (κ2) is 8.16. The van der Waals surface area contributed by atoms with Crippen LogP contribution in [0.5, 0.6) is 0 Å². The van der Waals surface area contributed by atoms with Crippen LogP contribution in [-0.4, -0.2) is 33.1 Å². The average molecular weight is 373 g/mol. The Kier molecular flexibility index (Phi) is 5.91. The molecule has 0 radical (unpaired) electrons. The molecule has 0 unspecified atom stereocenters. The summed E-state index contributed by atoms with van der Waals surface area (Å²) in [5, 5.41) is 0.759. The lowest BCUT2D eigenvalue weighted by atomic mass is 10.1. The predicted octanol–water partition coefficient (Wildman–Crippen LogP) is 4.08. The maximum Gasteiger partial charge on any atom is 0.223 e. The van der Waals surface area contributed by atoms with Crippen molar-refractivity contribution in [2.24, 2.45) is 0 Å². The van der Waals surface area contributed by atoms with E-state index in [4.69, 9.17) is 0 Å². The zero-order chi connectivity index (χ0) is 18.7. The van der Waals surface area contributed by atoms with Crippen molar-refractivity contribution in [1.82, 2.24) is 14.9 Å². The van der Waals surface area contributed by atoms with E-state index in [1.807, 2.05) is 31.1 Å². The Hall–Kier alpha value is -1.95. The Morgan fingerprint density at radius 1 is 1.23 bits per heavy atom. The molecule has 0 bridgehead atoms. The molecule has 1 aromatic carbocycles. The number of carbonyl (C=O) groups excluding carboxylic acids is 1. The number of aryl methyl sites for hydroxylation is 2. The highest BCUT2D eigenvalue weighted by molar-refractivity contribution is 7.98. The van der Waals surface area contributed by atoms with Crippen LogP contribution in [-0.2, 0) is 17.8 Å². The maximum atomic E-state index is 14.0. The molecule has 1 fully saturated rings. The van der Waals surface area contributed by atoms with Crippen molar-refractivity contribution in [3.8, 4) is 0 Å². The van der Waals surface area contributed by atoms with Crippen molar-refractivity contribution in [2.75, 3.05) is 6.26 Å². The molecule has 0 atom stereocenters. The predicted molar refractivity (Wildman–Crippen MR) is 102 cm³/mol. The van der Waals surface area contributed by atoms with E-state index in [1.165, 1.54) is 17.8 Å². The molecule has 1 aliphatic rings. The Bertz CT molecular complexity index is 784. The van der Waals surface area contributed by atoms with Gasteiger partial charge >= 0.3 is 0 Å². The van der Waals surface area contributed by atoms with Crippen LogP contribution in [0.3, 0.4) is 0 Å². The number of aromatic nitrogens is 2. The normalized spacial score (nSPS) is 13.7. The van der Waals surface area contributed by atoms with Gasteiger partial charge in [0.1, 0.15) is 5.82 Å². The van der Waals surface area contributed by atoms with E-state index in [-0.39, 0.29) is 17.8 Å². The Morgan fingerprint density at radius 3 is 2.46 bits per heavy atom. The highest BCUT2D eigenvalue weighted by atomic mass is 32.2. The van der Waals surface area contributed by atoms with Crippen LogP contribution in [0.25, 0.3) is 0 Å². The molecule has 138 valence electrons. The number of amides is 1. The summed E-state index contributed by atoms with van der Waals surface area (Å²) in [4.78, 5) is 23.6. The first-order valence-corrected chi connectivity index (χ1v) is 10.1. The average Bonchev–Trinajstić information content (AvgIpc) is 3.44. The third-order valence-corrected chi connectivity index (χ3v) is 5.33. The zero-order valence-electron chi connectivity index (χ0n) is 15.5. The number of rotatable bonds is 7. The lowest BCUT2D eigenvalue weighted by Crippen LogP contribution is -2.33. The van der Waals surface area contributed by atoms with Crippen molar-refractivity contribution in [3.63, 3.8) is 0 Å². The number of carbonyl (C=O) groups is 1. The van der Waals surface area contributed by atoms with Gasteiger partial charge in [0, 0.05) is 36.0 Å². The van der Waals surface area contributed by atoms with Gasteiger partial charge in [0.2, 0.25) is 5.91 Å². The summed E-state index contributed by atoms with van der Waals surface area (Å²) >= 11 is 1.52. The van der Waals surface area contributed by atoms with Crippen LogP contribution in [0.2, 0.25) is 0 Å². The number of nitrogens with zero attached hydrogens (tertiary/aromatic N) is 3. The molecule has 0 N–H and O–H groups in total. The van der Waals surface area contributed by atoms with E-state index in [2.05, 4.69) is 9.97 Å². The quantitative estimate of drug-likeness (QED) is 0.542. The molecule has 1 aromatic heterocycles. The molecule has 2 aromatic rings. The van der Waals surface area contributed by atoms with Crippen LogP contribution in [0.1, 0.15) is 41.8 Å². The lowest BCUT2D eigenvalue weighted by Gasteiger charge is -2.23. The van der Waals surface area contributed by atoms with Crippen LogP contribution in [0.4, 0.5) is 4.39 Å². The minimum atomic E-state index is -0.251. The van der Waals surface area contributed by atoms with Gasteiger partial charge in [-0.15, -0.1) is 0 Å². The minimum absolute atomic E-state index is 0.0727. The standard InChI is InChI=1S/C20H24FN3OS/c1-13-17(14(2)23-20(22-13)26-3)10-11-19(25)24(16-8-9-16)12-15-6-4-5-7-18(15)21/h4-7,16H,8-12H2,1-3H3. The number of thioether (sulfide) groups is 1. The van der Waals surface area contributed by atoms with Crippen molar-refractivity contribution < 1.29 is 9.18 Å². The molecule has 1 saturated carbocycles. The molecular formula is C20H24FN3OS. The molecule has 1 amide bonds. The number of hydrogen-bond acceptors (Lipinski definition) is 4. The first-order valence-electron chi connectivity index (χ1n) is 8.90. The molecule has 26 heavy (non-hydrogen) atoms. The Balaban J connectivity index is 1.69. The molecular weight excluding hydrogens is 349 g/mol. The largest absolute Gasteiger partial charge is 0.335 e. The molecule has 0 aliphatic heterocycles. The fraction of sp³-hybridized carbons (Fsp3) is 0.450. The second-order valence-corrected chi connectivity index (χ2v) is 7.48. The van der Waals surface area contributed by atoms with Gasteiger partial charge in [0.25, 0.3) is 0 Å². The fourth-order valence-corrected chi connectivity index (χ4v) is 3.61. The van der Waals surface area contributed by atoms with Gasteiger partial charge in [-0.2, -0.15) is 0 Å². The number of halogens is 1. The molecule has 0 saturated heterocycles. The Morgan fingerprint density at radius 2 is 1.88 bits per heavy atom. The monoisotopic (exact) mass is 373 g/mol. The summed E-state index contributed by atoms with van der Waals surface area (Å²) in [6.07, 6.45) is 4.97. The second-order valence-electron chi connectivity index (χ2n) is 6.70. The smallest absolute Gasteiger partial charge is 0.223 e. The first-order chi connectivity index (χ1) is 12.5. The maximum absolute atomic E-state index is 14.0. The van der Waals surface area contributed by atoms with Gasteiger partial charge in [-0.25, -0.2) is 14.4 Å². The van der Waals surface area contributed by atoms with Gasteiger partial charge in [-0.3, -0.25) is 4.79 Å². The van der Waals surface area contributed by atoms with E-state index in [0.717, 1.165) is 34.9 Å². The topological polar surface area (TPSA) is 46.1 Å². The van der Waals surface area contributed by atoms with E-state index in [9.17, 15) is 9.18 Å². The SMILES string of the molecule is CSc1nc(C)c(CCC(=O)N(Cc2ccccc2F)C2CC2)c(C)n1. The molecule has 0 spiro atoms. The van der Waals surface area contributed by atoms with Gasteiger partial charge < -0.3 is 4.90 Å². The summed E-state index contributed by atoms with van der Waals surface area (Å²) in [6, 6.07) is 6.93. The van der Waals surface area contributed by atoms with Crippen LogP contribution in [0.15, 0.2) is 29.4 Å². The third-order valence-electron chi connectivity index (χ3n) is 4.78. The lowest BCUT2D eigenvalue weighted by molar-refractivity contribution is -0.132. The number of benzene rings is 1. The van der Waals surface area contributed by atoms with Gasteiger partial charge in [0.05, 0.1) is 0 Å².